The first-order valence-electron chi connectivity index (χ1n) is 10.6. The maximum Gasteiger partial charge on any atom is 0.246 e. The number of amides is 1. The average molecular weight is 414 g/mol. The zero-order chi connectivity index (χ0) is 21.6. The SMILES string of the molecule is Cc1cc(C)nc(Nc2cc(C3CCCN(C(=O)C=Cc4ccccc4)C3)ccn2)n1. The molecule has 0 saturated carbocycles. The lowest BCUT2D eigenvalue weighted by Crippen LogP contribution is -2.38. The van der Waals surface area contributed by atoms with Gasteiger partial charge in [0.2, 0.25) is 11.9 Å². The van der Waals surface area contributed by atoms with Gasteiger partial charge < -0.3 is 10.2 Å². The van der Waals surface area contributed by atoms with Crippen LogP contribution in [0.1, 0.15) is 41.3 Å². The summed E-state index contributed by atoms with van der Waals surface area (Å²) in [4.78, 5) is 27.9. The first-order chi connectivity index (χ1) is 15.1. The van der Waals surface area contributed by atoms with Crippen LogP contribution in [0.4, 0.5) is 11.8 Å². The third-order valence-electron chi connectivity index (χ3n) is 5.43. The number of anilines is 2. The Morgan fingerprint density at radius 2 is 1.87 bits per heavy atom. The normalized spacial score (nSPS) is 16.5. The van der Waals surface area contributed by atoms with E-state index in [4.69, 9.17) is 0 Å². The standard InChI is InChI=1S/C25H27N5O/c1-18-15-19(2)28-25(27-18)29-23-16-21(12-13-26-23)22-9-6-14-30(17-22)24(31)11-10-20-7-4-3-5-8-20/h3-5,7-8,10-13,15-16,22H,6,9,14,17H2,1-2H3,(H,26,27,28,29). The lowest BCUT2D eigenvalue weighted by molar-refractivity contribution is -0.127. The van der Waals surface area contributed by atoms with Crippen LogP contribution in [0.15, 0.2) is 60.8 Å². The third kappa shape index (κ3) is 5.54. The summed E-state index contributed by atoms with van der Waals surface area (Å²) in [5.41, 5.74) is 4.03. The van der Waals surface area contributed by atoms with Gasteiger partial charge in [-0.05, 0) is 62.1 Å². The lowest BCUT2D eigenvalue weighted by Gasteiger charge is -2.32. The molecule has 1 fully saturated rings. The minimum absolute atomic E-state index is 0.0598. The predicted octanol–water partition coefficient (Wildman–Crippen LogP) is 4.65. The molecule has 4 rings (SSSR count). The van der Waals surface area contributed by atoms with Gasteiger partial charge in [0, 0.05) is 42.7 Å². The van der Waals surface area contributed by atoms with E-state index in [-0.39, 0.29) is 11.8 Å². The van der Waals surface area contributed by atoms with Crippen molar-refractivity contribution in [2.45, 2.75) is 32.6 Å². The maximum absolute atomic E-state index is 12.7. The zero-order valence-electron chi connectivity index (χ0n) is 18.0. The summed E-state index contributed by atoms with van der Waals surface area (Å²) in [6.07, 6.45) is 7.39. The van der Waals surface area contributed by atoms with Gasteiger partial charge in [0.15, 0.2) is 0 Å². The summed E-state index contributed by atoms with van der Waals surface area (Å²) in [5, 5.41) is 3.21. The molecule has 6 heteroatoms. The Morgan fingerprint density at radius 1 is 1.10 bits per heavy atom. The molecule has 158 valence electrons. The van der Waals surface area contributed by atoms with Gasteiger partial charge in [0.05, 0.1) is 0 Å². The summed E-state index contributed by atoms with van der Waals surface area (Å²) in [6.45, 7) is 5.40. The Morgan fingerprint density at radius 3 is 2.65 bits per heavy atom. The molecule has 3 aromatic rings. The second-order valence-corrected chi connectivity index (χ2v) is 7.94. The Kier molecular flexibility index (Phi) is 6.36. The fraction of sp³-hybridized carbons (Fsp3) is 0.280. The van der Waals surface area contributed by atoms with Gasteiger partial charge in [-0.2, -0.15) is 0 Å². The molecular formula is C25H27N5O. The van der Waals surface area contributed by atoms with Crippen molar-refractivity contribution in [3.05, 3.63) is 83.3 Å². The third-order valence-corrected chi connectivity index (χ3v) is 5.43. The van der Waals surface area contributed by atoms with Crippen LogP contribution < -0.4 is 5.32 Å². The van der Waals surface area contributed by atoms with Crippen LogP contribution in [0, 0.1) is 13.8 Å². The number of benzene rings is 1. The summed E-state index contributed by atoms with van der Waals surface area (Å²) >= 11 is 0. The van der Waals surface area contributed by atoms with E-state index in [9.17, 15) is 4.79 Å². The summed E-state index contributed by atoms with van der Waals surface area (Å²) < 4.78 is 0. The van der Waals surface area contributed by atoms with E-state index in [1.54, 1.807) is 12.3 Å². The van der Waals surface area contributed by atoms with E-state index in [0.717, 1.165) is 42.2 Å². The van der Waals surface area contributed by atoms with E-state index in [1.807, 2.05) is 73.4 Å². The monoisotopic (exact) mass is 413 g/mol. The summed E-state index contributed by atoms with van der Waals surface area (Å²) in [7, 11) is 0. The number of hydrogen-bond donors (Lipinski definition) is 1. The van der Waals surface area contributed by atoms with Crippen molar-refractivity contribution in [1.29, 1.82) is 0 Å². The second-order valence-electron chi connectivity index (χ2n) is 7.94. The highest BCUT2D eigenvalue weighted by Gasteiger charge is 2.24. The van der Waals surface area contributed by atoms with E-state index in [2.05, 4.69) is 20.3 Å². The number of pyridine rings is 1. The molecule has 1 aliphatic heterocycles. The molecule has 31 heavy (non-hydrogen) atoms. The number of nitrogens with zero attached hydrogens (tertiary/aromatic N) is 4. The molecule has 1 aromatic carbocycles. The van der Waals surface area contributed by atoms with Gasteiger partial charge in [-0.3, -0.25) is 4.79 Å². The molecule has 0 bridgehead atoms. The average Bonchev–Trinajstić information content (AvgIpc) is 2.78. The highest BCUT2D eigenvalue weighted by molar-refractivity contribution is 5.91. The van der Waals surface area contributed by atoms with E-state index < -0.39 is 0 Å². The topological polar surface area (TPSA) is 71.0 Å². The quantitative estimate of drug-likeness (QED) is 0.617. The molecule has 1 saturated heterocycles. The highest BCUT2D eigenvalue weighted by Crippen LogP contribution is 2.28. The molecule has 6 nitrogen and oxygen atoms in total. The van der Waals surface area contributed by atoms with Crippen molar-refractivity contribution in [2.24, 2.45) is 0 Å². The van der Waals surface area contributed by atoms with Gasteiger partial charge in [0.1, 0.15) is 5.82 Å². The number of carbonyl (C=O) groups is 1. The first kappa shape index (κ1) is 20.7. The van der Waals surface area contributed by atoms with E-state index in [1.165, 1.54) is 5.56 Å². The molecule has 3 heterocycles. The van der Waals surface area contributed by atoms with Gasteiger partial charge >= 0.3 is 0 Å². The minimum atomic E-state index is 0.0598. The largest absolute Gasteiger partial charge is 0.339 e. The molecule has 0 spiro atoms. The zero-order valence-corrected chi connectivity index (χ0v) is 18.0. The fourth-order valence-corrected chi connectivity index (χ4v) is 3.95. The Bertz CT molecular complexity index is 1060. The molecule has 2 aromatic heterocycles. The first-order valence-corrected chi connectivity index (χ1v) is 10.6. The Labute approximate surface area is 183 Å². The number of hydrogen-bond acceptors (Lipinski definition) is 5. The number of aryl methyl sites for hydroxylation is 2. The van der Waals surface area contributed by atoms with Crippen LogP contribution in [-0.2, 0) is 4.79 Å². The van der Waals surface area contributed by atoms with Crippen molar-refractivity contribution >= 4 is 23.7 Å². The number of nitrogens with one attached hydrogen (secondary N) is 1. The van der Waals surface area contributed by atoms with E-state index in [0.29, 0.717) is 12.5 Å². The highest BCUT2D eigenvalue weighted by atomic mass is 16.2. The molecule has 1 aliphatic rings. The molecule has 1 unspecified atom stereocenters. The summed E-state index contributed by atoms with van der Waals surface area (Å²) in [6, 6.07) is 15.9. The molecule has 0 radical (unpaired) electrons. The van der Waals surface area contributed by atoms with Gasteiger partial charge in [-0.25, -0.2) is 15.0 Å². The number of piperidine rings is 1. The van der Waals surface area contributed by atoms with Gasteiger partial charge in [-0.15, -0.1) is 0 Å². The maximum atomic E-state index is 12.7. The smallest absolute Gasteiger partial charge is 0.246 e. The van der Waals surface area contributed by atoms with Crippen LogP contribution in [0.3, 0.4) is 0 Å². The fourth-order valence-electron chi connectivity index (χ4n) is 3.95. The van der Waals surface area contributed by atoms with Crippen LogP contribution in [0.5, 0.6) is 0 Å². The molecule has 1 N–H and O–H groups in total. The van der Waals surface area contributed by atoms with Crippen LogP contribution in [0.25, 0.3) is 6.08 Å². The van der Waals surface area contributed by atoms with Crippen molar-refractivity contribution in [3.63, 3.8) is 0 Å². The van der Waals surface area contributed by atoms with Gasteiger partial charge in [-0.1, -0.05) is 30.3 Å². The molecule has 0 aliphatic carbocycles. The van der Waals surface area contributed by atoms with Crippen LogP contribution >= 0.6 is 0 Å². The lowest BCUT2D eigenvalue weighted by atomic mass is 9.91. The van der Waals surface area contributed by atoms with Gasteiger partial charge in [0.25, 0.3) is 0 Å². The molecule has 1 amide bonds. The van der Waals surface area contributed by atoms with Crippen molar-refractivity contribution in [3.8, 4) is 0 Å². The van der Waals surface area contributed by atoms with Crippen LogP contribution in [-0.4, -0.2) is 38.8 Å². The second kappa shape index (κ2) is 9.51. The minimum Gasteiger partial charge on any atom is -0.339 e. The Hall–Kier alpha value is -3.54. The van der Waals surface area contributed by atoms with Crippen molar-refractivity contribution in [1.82, 2.24) is 19.9 Å². The number of aromatic nitrogens is 3. The van der Waals surface area contributed by atoms with Crippen molar-refractivity contribution in [2.75, 3.05) is 18.4 Å². The summed E-state index contributed by atoms with van der Waals surface area (Å²) in [5.74, 6) is 1.61. The van der Waals surface area contributed by atoms with Crippen molar-refractivity contribution < 1.29 is 4.79 Å². The molecular weight excluding hydrogens is 386 g/mol. The van der Waals surface area contributed by atoms with E-state index >= 15 is 0 Å². The number of rotatable bonds is 5. The molecule has 1 atom stereocenters. The predicted molar refractivity (Wildman–Crippen MR) is 123 cm³/mol. The van der Waals surface area contributed by atoms with Crippen LogP contribution in [0.2, 0.25) is 0 Å². The number of carbonyl (C=O) groups excluding carboxylic acids is 1. The number of likely N-dealkylation sites (tertiary alicyclic amines) is 1. The Balaban J connectivity index is 1.44.